The molecule has 9 heteroatoms. The van der Waals surface area contributed by atoms with E-state index in [2.05, 4.69) is 20.2 Å². The van der Waals surface area contributed by atoms with Crippen LogP contribution in [-0.4, -0.2) is 37.9 Å². The van der Waals surface area contributed by atoms with E-state index in [1.165, 1.54) is 29.7 Å². The summed E-state index contributed by atoms with van der Waals surface area (Å²) in [6.07, 6.45) is 4.30. The van der Waals surface area contributed by atoms with Gasteiger partial charge in [-0.2, -0.15) is 0 Å². The van der Waals surface area contributed by atoms with Crippen molar-refractivity contribution in [2.75, 3.05) is 11.4 Å². The van der Waals surface area contributed by atoms with Gasteiger partial charge in [-0.05, 0) is 37.1 Å². The predicted octanol–water partition coefficient (Wildman–Crippen LogP) is 3.74. The molecule has 1 aliphatic rings. The van der Waals surface area contributed by atoms with E-state index in [0.29, 0.717) is 29.2 Å². The Hall–Kier alpha value is -2.94. The number of hydrogen-bond donors (Lipinski definition) is 1. The Balaban J connectivity index is 1.63. The highest BCUT2D eigenvalue weighted by molar-refractivity contribution is 7.13. The van der Waals surface area contributed by atoms with Crippen molar-refractivity contribution in [2.24, 2.45) is 0 Å². The Morgan fingerprint density at radius 1 is 1.22 bits per heavy atom. The summed E-state index contributed by atoms with van der Waals surface area (Å²) in [6.45, 7) is 0.0849. The van der Waals surface area contributed by atoms with Gasteiger partial charge < -0.3 is 5.11 Å². The zero-order valence-corrected chi connectivity index (χ0v) is 15.1. The highest BCUT2D eigenvalue weighted by atomic mass is 32.1. The lowest BCUT2D eigenvalue weighted by atomic mass is 9.66. The van der Waals surface area contributed by atoms with E-state index in [1.54, 1.807) is 18.3 Å². The van der Waals surface area contributed by atoms with Gasteiger partial charge in [-0.15, -0.1) is 21.5 Å². The lowest BCUT2D eigenvalue weighted by Gasteiger charge is -2.43. The number of carbonyl (C=O) groups is 1. The molecule has 3 aromatic rings. The van der Waals surface area contributed by atoms with Crippen LogP contribution in [0.4, 0.5) is 15.0 Å². The van der Waals surface area contributed by atoms with Crippen molar-refractivity contribution in [1.29, 1.82) is 0 Å². The number of aromatic nitrogens is 4. The molecule has 0 bridgehead atoms. The van der Waals surface area contributed by atoms with Crippen LogP contribution < -0.4 is 4.90 Å². The second kappa shape index (κ2) is 6.99. The molecule has 0 unspecified atom stereocenters. The first-order valence-electron chi connectivity index (χ1n) is 8.44. The number of nitrogens with zero attached hydrogens (tertiary/aromatic N) is 5. The average Bonchev–Trinajstić information content (AvgIpc) is 3.17. The maximum Gasteiger partial charge on any atom is 0.413 e. The van der Waals surface area contributed by atoms with Crippen LogP contribution in [0, 0.1) is 5.82 Å². The Bertz CT molecular complexity index is 945. The van der Waals surface area contributed by atoms with Crippen LogP contribution in [0.25, 0.3) is 10.7 Å². The normalized spacial score (nSPS) is 15.1. The van der Waals surface area contributed by atoms with Gasteiger partial charge in [0.1, 0.15) is 16.5 Å². The van der Waals surface area contributed by atoms with Crippen LogP contribution in [-0.2, 0) is 5.41 Å². The minimum atomic E-state index is -1.16. The highest BCUT2D eigenvalue weighted by Gasteiger charge is 2.44. The summed E-state index contributed by atoms with van der Waals surface area (Å²) in [7, 11) is 0. The van der Waals surface area contributed by atoms with Gasteiger partial charge in [-0.3, -0.25) is 9.88 Å². The van der Waals surface area contributed by atoms with E-state index in [1.807, 2.05) is 5.38 Å². The van der Waals surface area contributed by atoms with Crippen molar-refractivity contribution in [3.05, 3.63) is 53.6 Å². The molecule has 1 amide bonds. The molecule has 3 aromatic heterocycles. The molecule has 1 aliphatic carbocycles. The maximum atomic E-state index is 14.3. The molecule has 3 heterocycles. The van der Waals surface area contributed by atoms with Gasteiger partial charge in [0.05, 0.1) is 5.69 Å². The topological polar surface area (TPSA) is 92.1 Å². The van der Waals surface area contributed by atoms with Gasteiger partial charge in [0.25, 0.3) is 0 Å². The van der Waals surface area contributed by atoms with Crippen molar-refractivity contribution in [3.63, 3.8) is 0 Å². The standard InChI is InChI=1S/C18H16FN5O2S/c19-12-3-1-8-20-15(12)18(6-2-7-18)11-24(17(25)26)14-5-4-13(22-23-14)16-21-9-10-27-16/h1,3-5,8-10H,2,6-7,11H2,(H,25,26). The van der Waals surface area contributed by atoms with Crippen LogP contribution in [0.2, 0.25) is 0 Å². The number of carboxylic acid groups (broad SMARTS) is 1. The second-order valence-electron chi connectivity index (χ2n) is 6.45. The molecule has 0 aliphatic heterocycles. The van der Waals surface area contributed by atoms with E-state index >= 15 is 0 Å². The molecule has 1 N–H and O–H groups in total. The molecule has 0 atom stereocenters. The maximum absolute atomic E-state index is 14.3. The molecule has 0 saturated heterocycles. The summed E-state index contributed by atoms with van der Waals surface area (Å²) < 4.78 is 14.3. The number of pyridine rings is 1. The quantitative estimate of drug-likeness (QED) is 0.719. The second-order valence-corrected chi connectivity index (χ2v) is 7.35. The number of hydrogen-bond acceptors (Lipinski definition) is 6. The van der Waals surface area contributed by atoms with Gasteiger partial charge in [0, 0.05) is 29.7 Å². The number of halogens is 1. The summed E-state index contributed by atoms with van der Waals surface area (Å²) in [4.78, 5) is 21.4. The molecule has 138 valence electrons. The van der Waals surface area contributed by atoms with Gasteiger partial charge in [-0.1, -0.05) is 6.42 Å². The van der Waals surface area contributed by atoms with Crippen LogP contribution in [0.1, 0.15) is 25.0 Å². The van der Waals surface area contributed by atoms with E-state index in [9.17, 15) is 14.3 Å². The summed E-state index contributed by atoms with van der Waals surface area (Å²) >= 11 is 1.42. The monoisotopic (exact) mass is 385 g/mol. The number of thiazole rings is 1. The summed E-state index contributed by atoms with van der Waals surface area (Å²) in [5.74, 6) is -0.210. The minimum absolute atomic E-state index is 0.0849. The van der Waals surface area contributed by atoms with Crippen LogP contribution in [0.15, 0.2) is 42.0 Å². The van der Waals surface area contributed by atoms with Crippen molar-refractivity contribution in [3.8, 4) is 10.7 Å². The molecular weight excluding hydrogens is 369 g/mol. The van der Waals surface area contributed by atoms with Crippen LogP contribution in [0.5, 0.6) is 0 Å². The average molecular weight is 385 g/mol. The first kappa shape index (κ1) is 17.5. The largest absolute Gasteiger partial charge is 0.465 e. The Morgan fingerprint density at radius 3 is 2.63 bits per heavy atom. The molecule has 1 saturated carbocycles. The molecule has 1 fully saturated rings. The van der Waals surface area contributed by atoms with Crippen LogP contribution >= 0.6 is 11.3 Å². The lowest BCUT2D eigenvalue weighted by Crippen LogP contribution is -2.49. The van der Waals surface area contributed by atoms with Gasteiger partial charge in [0.2, 0.25) is 0 Å². The van der Waals surface area contributed by atoms with Crippen molar-refractivity contribution >= 4 is 23.2 Å². The third kappa shape index (κ3) is 3.25. The Kier molecular flexibility index (Phi) is 4.53. The van der Waals surface area contributed by atoms with Gasteiger partial charge >= 0.3 is 6.09 Å². The molecule has 0 spiro atoms. The fourth-order valence-corrected chi connectivity index (χ4v) is 3.93. The Morgan fingerprint density at radius 2 is 2.07 bits per heavy atom. The van der Waals surface area contributed by atoms with Gasteiger partial charge in [-0.25, -0.2) is 14.2 Å². The summed E-state index contributed by atoms with van der Waals surface area (Å²) in [6, 6.07) is 6.17. The van der Waals surface area contributed by atoms with Crippen molar-refractivity contribution in [2.45, 2.75) is 24.7 Å². The number of anilines is 1. The lowest BCUT2D eigenvalue weighted by molar-refractivity contribution is 0.188. The fourth-order valence-electron chi connectivity index (χ4n) is 3.33. The van der Waals surface area contributed by atoms with Gasteiger partial charge in [0.15, 0.2) is 5.82 Å². The zero-order valence-electron chi connectivity index (χ0n) is 14.2. The predicted molar refractivity (Wildman–Crippen MR) is 98.2 cm³/mol. The van der Waals surface area contributed by atoms with Crippen molar-refractivity contribution in [1.82, 2.24) is 20.2 Å². The SMILES string of the molecule is O=C(O)N(CC1(c2ncccc2F)CCC1)c1ccc(-c2nccs2)nn1. The number of rotatable bonds is 5. The zero-order chi connectivity index (χ0) is 18.9. The third-order valence-corrected chi connectivity index (χ3v) is 5.64. The van der Waals surface area contributed by atoms with Crippen LogP contribution in [0.3, 0.4) is 0 Å². The molecular formula is C18H16FN5O2S. The minimum Gasteiger partial charge on any atom is -0.465 e. The molecule has 0 aromatic carbocycles. The first-order valence-corrected chi connectivity index (χ1v) is 9.32. The molecule has 27 heavy (non-hydrogen) atoms. The summed E-state index contributed by atoms with van der Waals surface area (Å²) in [5, 5.41) is 20.4. The Labute approximate surface area is 158 Å². The highest BCUT2D eigenvalue weighted by Crippen LogP contribution is 2.44. The molecule has 0 radical (unpaired) electrons. The van der Waals surface area contributed by atoms with E-state index < -0.39 is 17.3 Å². The first-order chi connectivity index (χ1) is 13.1. The molecule has 4 rings (SSSR count). The van der Waals surface area contributed by atoms with Crippen molar-refractivity contribution < 1.29 is 14.3 Å². The summed E-state index contributed by atoms with van der Waals surface area (Å²) in [5.41, 5.74) is 0.252. The fraction of sp³-hybridized carbons (Fsp3) is 0.278. The third-order valence-electron chi connectivity index (χ3n) is 4.84. The smallest absolute Gasteiger partial charge is 0.413 e. The van der Waals surface area contributed by atoms with E-state index in [-0.39, 0.29) is 12.4 Å². The van der Waals surface area contributed by atoms with E-state index in [0.717, 1.165) is 11.3 Å². The van der Waals surface area contributed by atoms with E-state index in [4.69, 9.17) is 0 Å². The molecule has 7 nitrogen and oxygen atoms in total. The number of amides is 1.